The van der Waals surface area contributed by atoms with Gasteiger partial charge >= 0.3 is 0 Å². The van der Waals surface area contributed by atoms with Gasteiger partial charge in [0.15, 0.2) is 0 Å². The number of rotatable bonds is 4. The van der Waals surface area contributed by atoms with Crippen molar-refractivity contribution in [3.05, 3.63) is 83.9 Å². The second kappa shape index (κ2) is 8.06. The van der Waals surface area contributed by atoms with Gasteiger partial charge in [-0.1, -0.05) is 36.4 Å². The summed E-state index contributed by atoms with van der Waals surface area (Å²) in [5.41, 5.74) is 4.14. The van der Waals surface area contributed by atoms with E-state index in [-0.39, 0.29) is 29.5 Å². The number of sulfonamides is 1. The van der Waals surface area contributed by atoms with E-state index < -0.39 is 10.0 Å². The van der Waals surface area contributed by atoms with Gasteiger partial charge in [-0.2, -0.15) is 9.57 Å². The van der Waals surface area contributed by atoms with Crippen molar-refractivity contribution in [2.24, 2.45) is 5.92 Å². The van der Waals surface area contributed by atoms with E-state index in [2.05, 4.69) is 11.4 Å². The van der Waals surface area contributed by atoms with Crippen molar-refractivity contribution < 1.29 is 13.5 Å². The molecule has 1 fully saturated rings. The van der Waals surface area contributed by atoms with E-state index in [0.29, 0.717) is 18.5 Å². The quantitative estimate of drug-likeness (QED) is 0.638. The van der Waals surface area contributed by atoms with Gasteiger partial charge in [-0.05, 0) is 59.5 Å². The summed E-state index contributed by atoms with van der Waals surface area (Å²) in [6.45, 7) is 0.337. The van der Waals surface area contributed by atoms with Gasteiger partial charge in [-0.3, -0.25) is 0 Å². The molecule has 0 aliphatic carbocycles. The Morgan fingerprint density at radius 3 is 2.56 bits per heavy atom. The molecule has 7 heteroatoms. The second-order valence-corrected chi connectivity index (χ2v) is 10.1. The SMILES string of the molecule is N#Cc1cccc(-c2ccc3c(c2)[C@@H]2[C@@H](CCN2S(=O)(=O)c2ccccc2)[C@@H](CO)N3)c1. The van der Waals surface area contributed by atoms with Crippen LogP contribution in [0.25, 0.3) is 11.1 Å². The molecule has 32 heavy (non-hydrogen) atoms. The van der Waals surface area contributed by atoms with Gasteiger partial charge in [-0.25, -0.2) is 8.42 Å². The summed E-state index contributed by atoms with van der Waals surface area (Å²) >= 11 is 0. The van der Waals surface area contributed by atoms with Gasteiger partial charge < -0.3 is 10.4 Å². The van der Waals surface area contributed by atoms with Gasteiger partial charge in [0.05, 0.1) is 35.2 Å². The first-order chi connectivity index (χ1) is 15.5. The molecule has 0 unspecified atom stereocenters. The molecule has 3 aromatic carbocycles. The molecular weight excluding hydrogens is 422 g/mol. The first-order valence-corrected chi connectivity index (χ1v) is 12.1. The number of nitrogens with one attached hydrogen (secondary N) is 1. The molecule has 0 saturated carbocycles. The van der Waals surface area contributed by atoms with Crippen LogP contribution < -0.4 is 5.32 Å². The van der Waals surface area contributed by atoms with Crippen molar-refractivity contribution in [2.45, 2.75) is 23.4 Å². The number of nitrogens with zero attached hydrogens (tertiary/aromatic N) is 2. The average Bonchev–Trinajstić information content (AvgIpc) is 3.30. The summed E-state index contributed by atoms with van der Waals surface area (Å²) in [5.74, 6) is -0.0355. The van der Waals surface area contributed by atoms with Crippen LogP contribution in [0.1, 0.15) is 23.6 Å². The predicted octanol–water partition coefficient (Wildman–Crippen LogP) is 3.76. The Hall–Kier alpha value is -3.18. The molecule has 0 radical (unpaired) electrons. The molecular formula is C25H23N3O3S. The van der Waals surface area contributed by atoms with Crippen molar-refractivity contribution in [1.82, 2.24) is 4.31 Å². The van der Waals surface area contributed by atoms with Crippen molar-refractivity contribution in [3.8, 4) is 17.2 Å². The van der Waals surface area contributed by atoms with Crippen LogP contribution in [0.5, 0.6) is 0 Å². The first-order valence-electron chi connectivity index (χ1n) is 10.6. The fourth-order valence-corrected chi connectivity index (χ4v) is 6.65. The van der Waals surface area contributed by atoms with Gasteiger partial charge in [0.25, 0.3) is 0 Å². The molecule has 2 heterocycles. The van der Waals surface area contributed by atoms with Crippen molar-refractivity contribution in [1.29, 1.82) is 5.26 Å². The van der Waals surface area contributed by atoms with E-state index in [9.17, 15) is 18.8 Å². The highest BCUT2D eigenvalue weighted by Gasteiger charge is 2.48. The molecule has 2 aliphatic rings. The van der Waals surface area contributed by atoms with Crippen molar-refractivity contribution in [3.63, 3.8) is 0 Å². The number of aliphatic hydroxyl groups is 1. The van der Waals surface area contributed by atoms with Crippen LogP contribution in [0.3, 0.4) is 0 Å². The summed E-state index contributed by atoms with van der Waals surface area (Å²) in [6.07, 6.45) is 0.669. The lowest BCUT2D eigenvalue weighted by Crippen LogP contribution is -2.42. The zero-order valence-corrected chi connectivity index (χ0v) is 18.2. The van der Waals surface area contributed by atoms with E-state index >= 15 is 0 Å². The zero-order chi connectivity index (χ0) is 22.3. The summed E-state index contributed by atoms with van der Waals surface area (Å²) in [5, 5.41) is 22.7. The molecule has 3 aromatic rings. The smallest absolute Gasteiger partial charge is 0.243 e. The van der Waals surface area contributed by atoms with Crippen LogP contribution in [0.2, 0.25) is 0 Å². The fourth-order valence-electron chi connectivity index (χ4n) is 4.97. The number of nitriles is 1. The minimum absolute atomic E-state index is 0.0355. The third-order valence-corrected chi connectivity index (χ3v) is 8.39. The van der Waals surface area contributed by atoms with Gasteiger partial charge in [0, 0.05) is 18.2 Å². The number of benzene rings is 3. The Labute approximate surface area is 187 Å². The Morgan fingerprint density at radius 2 is 1.81 bits per heavy atom. The lowest BCUT2D eigenvalue weighted by Gasteiger charge is -2.39. The van der Waals surface area contributed by atoms with Crippen molar-refractivity contribution >= 4 is 15.7 Å². The average molecular weight is 446 g/mol. The molecule has 0 spiro atoms. The number of aliphatic hydroxyl groups excluding tert-OH is 1. The molecule has 1 saturated heterocycles. The lowest BCUT2D eigenvalue weighted by atomic mass is 9.82. The van der Waals surface area contributed by atoms with Crippen LogP contribution in [0, 0.1) is 17.2 Å². The van der Waals surface area contributed by atoms with E-state index in [4.69, 9.17) is 0 Å². The summed E-state index contributed by atoms with van der Waals surface area (Å²) in [4.78, 5) is 0.277. The normalized spacial score (nSPS) is 22.4. The summed E-state index contributed by atoms with van der Waals surface area (Å²) < 4.78 is 28.7. The first kappa shape index (κ1) is 20.7. The summed E-state index contributed by atoms with van der Waals surface area (Å²) in [6, 6.07) is 23.4. The molecule has 5 rings (SSSR count). The number of hydrogen-bond donors (Lipinski definition) is 2. The molecule has 6 nitrogen and oxygen atoms in total. The maximum Gasteiger partial charge on any atom is 0.243 e. The van der Waals surface area contributed by atoms with Gasteiger partial charge in [0.1, 0.15) is 0 Å². The van der Waals surface area contributed by atoms with E-state index in [0.717, 1.165) is 22.4 Å². The van der Waals surface area contributed by atoms with E-state index in [1.165, 1.54) is 0 Å². The molecule has 0 bridgehead atoms. The second-order valence-electron chi connectivity index (χ2n) is 8.25. The number of hydrogen-bond acceptors (Lipinski definition) is 5. The number of fused-ring (bicyclic) bond motifs is 3. The van der Waals surface area contributed by atoms with Gasteiger partial charge in [0.2, 0.25) is 10.0 Å². The molecule has 162 valence electrons. The molecule has 3 atom stereocenters. The topological polar surface area (TPSA) is 93.4 Å². The molecule has 0 amide bonds. The minimum Gasteiger partial charge on any atom is -0.394 e. The van der Waals surface area contributed by atoms with Crippen LogP contribution >= 0.6 is 0 Å². The Kier molecular flexibility index (Phi) is 5.22. The third kappa shape index (κ3) is 3.37. The predicted molar refractivity (Wildman–Crippen MR) is 122 cm³/mol. The Bertz CT molecular complexity index is 1300. The standard InChI is InChI=1S/C25H23N3O3S/c26-15-17-5-4-6-18(13-17)19-9-10-23-22(14-19)25-21(24(16-29)27-23)11-12-28(25)32(30,31)20-7-2-1-3-8-20/h1-10,13-14,21,24-25,27,29H,11-12,16H2/t21-,24+,25-/m0/s1. The highest BCUT2D eigenvalue weighted by atomic mass is 32.2. The highest BCUT2D eigenvalue weighted by Crippen LogP contribution is 2.49. The third-order valence-electron chi connectivity index (χ3n) is 6.50. The van der Waals surface area contributed by atoms with Gasteiger partial charge in [-0.15, -0.1) is 0 Å². The maximum atomic E-state index is 13.5. The van der Waals surface area contributed by atoms with E-state index in [1.807, 2.05) is 36.4 Å². The maximum absolute atomic E-state index is 13.5. The highest BCUT2D eigenvalue weighted by molar-refractivity contribution is 7.89. The Balaban J connectivity index is 1.62. The number of anilines is 1. The van der Waals surface area contributed by atoms with Crippen LogP contribution in [0.4, 0.5) is 5.69 Å². The van der Waals surface area contributed by atoms with Crippen molar-refractivity contribution in [2.75, 3.05) is 18.5 Å². The van der Waals surface area contributed by atoms with E-state index in [1.54, 1.807) is 40.7 Å². The molecule has 2 N–H and O–H groups in total. The zero-order valence-electron chi connectivity index (χ0n) is 17.3. The van der Waals surface area contributed by atoms with Crippen LogP contribution in [-0.2, 0) is 10.0 Å². The van der Waals surface area contributed by atoms with Crippen LogP contribution in [-0.4, -0.2) is 37.0 Å². The van der Waals surface area contributed by atoms with Crippen LogP contribution in [0.15, 0.2) is 77.7 Å². The monoisotopic (exact) mass is 445 g/mol. The largest absolute Gasteiger partial charge is 0.394 e. The lowest BCUT2D eigenvalue weighted by molar-refractivity contribution is 0.210. The molecule has 2 aliphatic heterocycles. The Morgan fingerprint density at radius 1 is 1.03 bits per heavy atom. The molecule has 0 aromatic heterocycles. The minimum atomic E-state index is -3.69. The fraction of sp³-hybridized carbons (Fsp3) is 0.240. The summed E-state index contributed by atoms with van der Waals surface area (Å²) in [7, 11) is -3.69.